The molecule has 0 aliphatic carbocycles. The lowest BCUT2D eigenvalue weighted by Crippen LogP contribution is -2.46. The van der Waals surface area contributed by atoms with Crippen LogP contribution >= 0.6 is 31.9 Å². The van der Waals surface area contributed by atoms with Crippen LogP contribution in [0.1, 0.15) is 12.8 Å². The molecule has 1 heterocycles. The zero-order chi connectivity index (χ0) is 10.2. The lowest BCUT2D eigenvalue weighted by Gasteiger charge is -2.34. The highest BCUT2D eigenvalue weighted by atomic mass is 79.9. The maximum absolute atomic E-state index is 3.48. The molecule has 0 bridgehead atoms. The highest BCUT2D eigenvalue weighted by molar-refractivity contribution is 9.09. The number of hydrogen-bond acceptors (Lipinski definition) is 2. The van der Waals surface area contributed by atoms with Gasteiger partial charge in [-0.05, 0) is 25.9 Å². The van der Waals surface area contributed by atoms with E-state index in [-0.39, 0.29) is 0 Å². The van der Waals surface area contributed by atoms with Gasteiger partial charge in [0, 0.05) is 36.8 Å². The summed E-state index contributed by atoms with van der Waals surface area (Å²) in [6.07, 6.45) is 2.56. The first-order valence-corrected chi connectivity index (χ1v) is 7.67. The van der Waals surface area contributed by atoms with Crippen molar-refractivity contribution in [2.75, 3.05) is 49.9 Å². The maximum atomic E-state index is 3.48. The van der Waals surface area contributed by atoms with E-state index in [2.05, 4.69) is 41.7 Å². The molecule has 0 aromatic rings. The van der Waals surface area contributed by atoms with E-state index in [1.54, 1.807) is 0 Å². The van der Waals surface area contributed by atoms with Gasteiger partial charge in [-0.15, -0.1) is 0 Å². The van der Waals surface area contributed by atoms with E-state index in [0.29, 0.717) is 0 Å². The molecule has 0 saturated carbocycles. The van der Waals surface area contributed by atoms with Crippen molar-refractivity contribution in [2.45, 2.75) is 12.8 Å². The number of rotatable bonds is 6. The summed E-state index contributed by atoms with van der Waals surface area (Å²) in [5, 5.41) is 2.27. The van der Waals surface area contributed by atoms with Crippen LogP contribution in [0.25, 0.3) is 0 Å². The second-order valence-electron chi connectivity index (χ2n) is 3.77. The number of piperazine rings is 1. The summed E-state index contributed by atoms with van der Waals surface area (Å²) in [6.45, 7) is 7.56. The molecular formula is C10H20Br2N2. The van der Waals surface area contributed by atoms with Crippen molar-refractivity contribution in [2.24, 2.45) is 0 Å². The van der Waals surface area contributed by atoms with Gasteiger partial charge in [-0.3, -0.25) is 0 Å². The van der Waals surface area contributed by atoms with Crippen LogP contribution in [0.4, 0.5) is 0 Å². The molecule has 0 amide bonds. The van der Waals surface area contributed by atoms with Crippen molar-refractivity contribution in [1.82, 2.24) is 9.80 Å². The van der Waals surface area contributed by atoms with Crippen LogP contribution in [-0.2, 0) is 0 Å². The molecule has 0 spiro atoms. The van der Waals surface area contributed by atoms with Crippen molar-refractivity contribution in [3.63, 3.8) is 0 Å². The molecule has 1 aliphatic rings. The molecule has 0 unspecified atom stereocenters. The quantitative estimate of drug-likeness (QED) is 0.690. The molecule has 4 heteroatoms. The zero-order valence-electron chi connectivity index (χ0n) is 8.72. The van der Waals surface area contributed by atoms with Crippen molar-refractivity contribution in [3.05, 3.63) is 0 Å². The Morgan fingerprint density at radius 2 is 1.07 bits per heavy atom. The smallest absolute Gasteiger partial charge is 0.0110 e. The molecule has 1 aliphatic heterocycles. The number of alkyl halides is 2. The van der Waals surface area contributed by atoms with Crippen LogP contribution in [0, 0.1) is 0 Å². The largest absolute Gasteiger partial charge is 0.301 e. The molecule has 0 aromatic heterocycles. The Morgan fingerprint density at radius 1 is 0.714 bits per heavy atom. The first kappa shape index (κ1) is 12.9. The molecule has 0 atom stereocenters. The van der Waals surface area contributed by atoms with Gasteiger partial charge in [0.15, 0.2) is 0 Å². The summed E-state index contributed by atoms with van der Waals surface area (Å²) in [4.78, 5) is 5.15. The van der Waals surface area contributed by atoms with Gasteiger partial charge in [0.25, 0.3) is 0 Å². The topological polar surface area (TPSA) is 6.48 Å². The van der Waals surface area contributed by atoms with E-state index in [1.165, 1.54) is 52.1 Å². The minimum atomic E-state index is 1.14. The minimum Gasteiger partial charge on any atom is -0.301 e. The zero-order valence-corrected chi connectivity index (χ0v) is 11.9. The van der Waals surface area contributed by atoms with Gasteiger partial charge in [-0.2, -0.15) is 0 Å². The van der Waals surface area contributed by atoms with Crippen molar-refractivity contribution in [1.29, 1.82) is 0 Å². The molecule has 0 radical (unpaired) electrons. The molecular weight excluding hydrogens is 308 g/mol. The highest BCUT2D eigenvalue weighted by Crippen LogP contribution is 2.04. The average Bonchev–Trinajstić information content (AvgIpc) is 2.25. The Morgan fingerprint density at radius 3 is 1.36 bits per heavy atom. The van der Waals surface area contributed by atoms with E-state index in [9.17, 15) is 0 Å². The standard InChI is InChI=1S/C10H20Br2N2/c11-3-1-5-13-7-9-14(10-8-13)6-2-4-12/h1-10H2. The third kappa shape index (κ3) is 5.10. The van der Waals surface area contributed by atoms with Crippen LogP contribution in [0.5, 0.6) is 0 Å². The van der Waals surface area contributed by atoms with E-state index >= 15 is 0 Å². The Kier molecular flexibility index (Phi) is 7.47. The first-order valence-electron chi connectivity index (χ1n) is 5.43. The van der Waals surface area contributed by atoms with Crippen LogP contribution < -0.4 is 0 Å². The van der Waals surface area contributed by atoms with Crippen molar-refractivity contribution < 1.29 is 0 Å². The van der Waals surface area contributed by atoms with Gasteiger partial charge in [0.1, 0.15) is 0 Å². The van der Waals surface area contributed by atoms with Crippen LogP contribution in [-0.4, -0.2) is 59.7 Å². The Balaban J connectivity index is 2.05. The fourth-order valence-corrected chi connectivity index (χ4v) is 2.30. The molecule has 0 aromatic carbocycles. The molecule has 1 saturated heterocycles. The molecule has 1 fully saturated rings. The molecule has 1 rings (SSSR count). The maximum Gasteiger partial charge on any atom is 0.0110 e. The van der Waals surface area contributed by atoms with Crippen molar-refractivity contribution >= 4 is 31.9 Å². The average molecular weight is 328 g/mol. The first-order chi connectivity index (χ1) is 6.86. The molecule has 84 valence electrons. The molecule has 2 nitrogen and oxygen atoms in total. The van der Waals surface area contributed by atoms with Gasteiger partial charge in [-0.1, -0.05) is 31.9 Å². The third-order valence-corrected chi connectivity index (χ3v) is 3.80. The summed E-state index contributed by atoms with van der Waals surface area (Å²) in [5.41, 5.74) is 0. The summed E-state index contributed by atoms with van der Waals surface area (Å²) in [5.74, 6) is 0. The van der Waals surface area contributed by atoms with E-state index < -0.39 is 0 Å². The van der Waals surface area contributed by atoms with Crippen LogP contribution in [0.3, 0.4) is 0 Å². The fraction of sp³-hybridized carbons (Fsp3) is 1.00. The minimum absolute atomic E-state index is 1.14. The summed E-state index contributed by atoms with van der Waals surface area (Å²) in [7, 11) is 0. The SMILES string of the molecule is BrCCCN1CCN(CCCBr)CC1. The molecule has 14 heavy (non-hydrogen) atoms. The summed E-state index contributed by atoms with van der Waals surface area (Å²) < 4.78 is 0. The Bertz CT molecular complexity index is 120. The predicted molar refractivity (Wildman–Crippen MR) is 69.7 cm³/mol. The van der Waals surface area contributed by atoms with Gasteiger partial charge in [-0.25, -0.2) is 0 Å². The van der Waals surface area contributed by atoms with Gasteiger partial charge >= 0.3 is 0 Å². The predicted octanol–water partition coefficient (Wildman–Crippen LogP) is 2.17. The third-order valence-electron chi connectivity index (χ3n) is 2.68. The lowest BCUT2D eigenvalue weighted by atomic mass is 10.3. The van der Waals surface area contributed by atoms with Crippen LogP contribution in [0.15, 0.2) is 0 Å². The fourth-order valence-electron chi connectivity index (χ4n) is 1.80. The monoisotopic (exact) mass is 326 g/mol. The number of halogens is 2. The normalized spacial score (nSPS) is 20.1. The van der Waals surface area contributed by atoms with Gasteiger partial charge in [0.2, 0.25) is 0 Å². The second-order valence-corrected chi connectivity index (χ2v) is 5.35. The highest BCUT2D eigenvalue weighted by Gasteiger charge is 2.15. The lowest BCUT2D eigenvalue weighted by molar-refractivity contribution is 0.133. The Labute approximate surface area is 104 Å². The van der Waals surface area contributed by atoms with E-state index in [1.807, 2.05) is 0 Å². The Hall–Kier alpha value is 0.880. The molecule has 0 N–H and O–H groups in total. The van der Waals surface area contributed by atoms with Crippen molar-refractivity contribution in [3.8, 4) is 0 Å². The second kappa shape index (κ2) is 8.08. The number of hydrogen-bond donors (Lipinski definition) is 0. The number of nitrogens with zero attached hydrogens (tertiary/aromatic N) is 2. The summed E-state index contributed by atoms with van der Waals surface area (Å²) >= 11 is 6.96. The summed E-state index contributed by atoms with van der Waals surface area (Å²) in [6, 6.07) is 0. The van der Waals surface area contributed by atoms with E-state index in [0.717, 1.165) is 10.7 Å². The van der Waals surface area contributed by atoms with E-state index in [4.69, 9.17) is 0 Å². The van der Waals surface area contributed by atoms with Gasteiger partial charge < -0.3 is 9.80 Å². The van der Waals surface area contributed by atoms with Crippen LogP contribution in [0.2, 0.25) is 0 Å². The van der Waals surface area contributed by atoms with Gasteiger partial charge in [0.05, 0.1) is 0 Å².